The number of thiophene rings is 1. The SMILES string of the molecule is NCC(NC(=O)c1ccsc1Nc1ccnc2[nH]ccc12)c1cccc(F)c1. The summed E-state index contributed by atoms with van der Waals surface area (Å²) >= 11 is 1.42. The van der Waals surface area contributed by atoms with Crippen LogP contribution in [0.25, 0.3) is 11.0 Å². The smallest absolute Gasteiger partial charge is 0.254 e. The lowest BCUT2D eigenvalue weighted by atomic mass is 10.1. The van der Waals surface area contributed by atoms with Gasteiger partial charge in [-0.3, -0.25) is 4.79 Å². The summed E-state index contributed by atoms with van der Waals surface area (Å²) in [5.74, 6) is -0.640. The maximum Gasteiger partial charge on any atom is 0.254 e. The Morgan fingerprint density at radius 3 is 3.00 bits per heavy atom. The monoisotopic (exact) mass is 395 g/mol. The normalized spacial score (nSPS) is 12.1. The second kappa shape index (κ2) is 7.79. The summed E-state index contributed by atoms with van der Waals surface area (Å²) < 4.78 is 13.5. The van der Waals surface area contributed by atoms with Crippen LogP contribution in [0.2, 0.25) is 0 Å². The van der Waals surface area contributed by atoms with Gasteiger partial charge in [0.2, 0.25) is 0 Å². The maximum atomic E-state index is 13.5. The number of aromatic amines is 1. The molecule has 0 aliphatic rings. The molecule has 6 nitrogen and oxygen atoms in total. The van der Waals surface area contributed by atoms with E-state index in [2.05, 4.69) is 20.6 Å². The Balaban J connectivity index is 1.56. The van der Waals surface area contributed by atoms with Crippen molar-refractivity contribution in [1.82, 2.24) is 15.3 Å². The molecule has 0 saturated heterocycles. The van der Waals surface area contributed by atoms with E-state index in [0.29, 0.717) is 16.1 Å². The zero-order valence-electron chi connectivity index (χ0n) is 14.8. The number of nitrogens with two attached hydrogens (primary N) is 1. The largest absolute Gasteiger partial charge is 0.346 e. The number of nitrogens with zero attached hydrogens (tertiary/aromatic N) is 1. The summed E-state index contributed by atoms with van der Waals surface area (Å²) in [6.07, 6.45) is 3.51. The molecule has 0 bridgehead atoms. The second-order valence-electron chi connectivity index (χ2n) is 6.20. The molecule has 28 heavy (non-hydrogen) atoms. The van der Waals surface area contributed by atoms with E-state index in [4.69, 9.17) is 5.73 Å². The molecule has 4 rings (SSSR count). The van der Waals surface area contributed by atoms with Gasteiger partial charge in [-0.15, -0.1) is 11.3 Å². The average molecular weight is 395 g/mol. The van der Waals surface area contributed by atoms with Crippen LogP contribution in [0.3, 0.4) is 0 Å². The highest BCUT2D eigenvalue weighted by molar-refractivity contribution is 7.14. The molecule has 0 saturated carbocycles. The van der Waals surface area contributed by atoms with Crippen LogP contribution < -0.4 is 16.4 Å². The predicted molar refractivity (Wildman–Crippen MR) is 109 cm³/mol. The zero-order valence-corrected chi connectivity index (χ0v) is 15.6. The van der Waals surface area contributed by atoms with Crippen LogP contribution in [0.4, 0.5) is 15.1 Å². The molecule has 0 aliphatic carbocycles. The first-order valence-corrected chi connectivity index (χ1v) is 9.56. The Kier molecular flexibility index (Phi) is 5.05. The Labute approximate surface area is 164 Å². The number of fused-ring (bicyclic) bond motifs is 1. The molecule has 0 fully saturated rings. The molecule has 0 radical (unpaired) electrons. The van der Waals surface area contributed by atoms with E-state index in [1.807, 2.05) is 23.7 Å². The Morgan fingerprint density at radius 1 is 1.29 bits per heavy atom. The van der Waals surface area contributed by atoms with Crippen molar-refractivity contribution in [3.63, 3.8) is 0 Å². The standard InChI is InChI=1S/C20H18FN5OS/c21-13-3-1-2-12(10-13)17(11-22)25-19(27)15-6-9-28-20(15)26-16-5-8-24-18-14(16)4-7-23-18/h1-10,17H,11,22H2,(H,25,27)(H2,23,24,26). The van der Waals surface area contributed by atoms with Gasteiger partial charge in [-0.25, -0.2) is 9.37 Å². The van der Waals surface area contributed by atoms with Gasteiger partial charge in [0.15, 0.2) is 0 Å². The highest BCUT2D eigenvalue weighted by atomic mass is 32.1. The molecule has 1 atom stereocenters. The molecule has 1 amide bonds. The van der Waals surface area contributed by atoms with E-state index in [0.717, 1.165) is 16.7 Å². The number of benzene rings is 1. The second-order valence-corrected chi connectivity index (χ2v) is 7.12. The number of H-pyrrole nitrogens is 1. The van der Waals surface area contributed by atoms with Gasteiger partial charge in [0, 0.05) is 24.3 Å². The van der Waals surface area contributed by atoms with Gasteiger partial charge in [-0.2, -0.15) is 0 Å². The van der Waals surface area contributed by atoms with E-state index < -0.39 is 6.04 Å². The number of halogens is 1. The molecule has 4 aromatic rings. The first-order chi connectivity index (χ1) is 13.7. The third-order valence-electron chi connectivity index (χ3n) is 4.41. The molecule has 142 valence electrons. The van der Waals surface area contributed by atoms with Gasteiger partial charge in [0.05, 0.1) is 17.3 Å². The van der Waals surface area contributed by atoms with Gasteiger partial charge in [0.25, 0.3) is 5.91 Å². The van der Waals surface area contributed by atoms with Crippen LogP contribution in [0.5, 0.6) is 0 Å². The fourth-order valence-electron chi connectivity index (χ4n) is 3.01. The summed E-state index contributed by atoms with van der Waals surface area (Å²) in [5, 5.41) is 9.68. The lowest BCUT2D eigenvalue weighted by Crippen LogP contribution is -2.33. The molecule has 8 heteroatoms. The molecular formula is C20H18FN5OS. The van der Waals surface area contributed by atoms with Crippen molar-refractivity contribution in [3.05, 3.63) is 77.2 Å². The van der Waals surface area contributed by atoms with Crippen molar-refractivity contribution in [1.29, 1.82) is 0 Å². The van der Waals surface area contributed by atoms with Crippen LogP contribution in [0.1, 0.15) is 22.0 Å². The summed E-state index contributed by atoms with van der Waals surface area (Å²) in [6, 6.07) is 11.1. The molecule has 3 aromatic heterocycles. The number of carbonyl (C=O) groups excluding carboxylic acids is 1. The van der Waals surface area contributed by atoms with Gasteiger partial charge in [-0.1, -0.05) is 12.1 Å². The topological polar surface area (TPSA) is 95.8 Å². The first-order valence-electron chi connectivity index (χ1n) is 8.68. The summed E-state index contributed by atoms with van der Waals surface area (Å²) in [5.41, 5.74) is 8.55. The number of anilines is 2. The van der Waals surface area contributed by atoms with Crippen LogP contribution in [-0.2, 0) is 0 Å². The van der Waals surface area contributed by atoms with Gasteiger partial charge < -0.3 is 21.4 Å². The number of pyridine rings is 1. The third kappa shape index (κ3) is 3.60. The molecule has 1 unspecified atom stereocenters. The highest BCUT2D eigenvalue weighted by Gasteiger charge is 2.19. The van der Waals surface area contributed by atoms with Crippen molar-refractivity contribution in [2.45, 2.75) is 6.04 Å². The maximum absolute atomic E-state index is 13.5. The van der Waals surface area contributed by atoms with Gasteiger partial charge in [0.1, 0.15) is 16.5 Å². The van der Waals surface area contributed by atoms with Crippen molar-refractivity contribution < 1.29 is 9.18 Å². The Morgan fingerprint density at radius 2 is 2.18 bits per heavy atom. The van der Waals surface area contributed by atoms with Crippen LogP contribution in [-0.4, -0.2) is 22.4 Å². The number of nitrogens with one attached hydrogen (secondary N) is 3. The summed E-state index contributed by atoms with van der Waals surface area (Å²) in [6.45, 7) is 0.163. The van der Waals surface area contributed by atoms with E-state index in [-0.39, 0.29) is 18.3 Å². The summed E-state index contributed by atoms with van der Waals surface area (Å²) in [7, 11) is 0. The first kappa shape index (κ1) is 18.1. The zero-order chi connectivity index (χ0) is 19.5. The lowest BCUT2D eigenvalue weighted by Gasteiger charge is -2.18. The Hall–Kier alpha value is -3.23. The number of hydrogen-bond acceptors (Lipinski definition) is 5. The number of hydrogen-bond donors (Lipinski definition) is 4. The van der Waals surface area contributed by atoms with E-state index >= 15 is 0 Å². The minimum atomic E-state index is -0.478. The molecule has 3 heterocycles. The van der Waals surface area contributed by atoms with E-state index in [1.54, 1.807) is 24.4 Å². The van der Waals surface area contributed by atoms with Crippen LogP contribution in [0, 0.1) is 5.82 Å². The molecule has 1 aromatic carbocycles. The quantitative estimate of drug-likeness (QED) is 0.398. The molecule has 5 N–H and O–H groups in total. The third-order valence-corrected chi connectivity index (χ3v) is 5.24. The van der Waals surface area contributed by atoms with Crippen LogP contribution >= 0.6 is 11.3 Å². The van der Waals surface area contributed by atoms with Crippen molar-refractivity contribution in [2.24, 2.45) is 5.73 Å². The van der Waals surface area contributed by atoms with Gasteiger partial charge >= 0.3 is 0 Å². The number of rotatable bonds is 6. The lowest BCUT2D eigenvalue weighted by molar-refractivity contribution is 0.0939. The number of aromatic nitrogens is 2. The molecule has 0 spiro atoms. The van der Waals surface area contributed by atoms with Gasteiger partial charge in [-0.05, 0) is 41.3 Å². The fourth-order valence-corrected chi connectivity index (χ4v) is 3.81. The minimum absolute atomic E-state index is 0.163. The highest BCUT2D eigenvalue weighted by Crippen LogP contribution is 2.30. The van der Waals surface area contributed by atoms with Crippen molar-refractivity contribution >= 4 is 39.0 Å². The molecule has 0 aliphatic heterocycles. The minimum Gasteiger partial charge on any atom is -0.346 e. The predicted octanol–water partition coefficient (Wildman–Crippen LogP) is 3.94. The number of carbonyl (C=O) groups is 1. The summed E-state index contributed by atoms with van der Waals surface area (Å²) in [4.78, 5) is 20.2. The fraction of sp³-hybridized carbons (Fsp3) is 0.100. The van der Waals surface area contributed by atoms with Crippen LogP contribution in [0.15, 0.2) is 60.2 Å². The number of amides is 1. The van der Waals surface area contributed by atoms with E-state index in [1.165, 1.54) is 23.5 Å². The van der Waals surface area contributed by atoms with Crippen molar-refractivity contribution in [3.8, 4) is 0 Å². The van der Waals surface area contributed by atoms with Crippen molar-refractivity contribution in [2.75, 3.05) is 11.9 Å². The molecular weight excluding hydrogens is 377 g/mol. The Bertz CT molecular complexity index is 1120. The average Bonchev–Trinajstić information content (AvgIpc) is 3.35. The van der Waals surface area contributed by atoms with E-state index in [9.17, 15) is 9.18 Å².